The predicted molar refractivity (Wildman–Crippen MR) is 158 cm³/mol. The third-order valence-corrected chi connectivity index (χ3v) is 8.81. The molecule has 0 aliphatic carbocycles. The van der Waals surface area contributed by atoms with E-state index in [0.29, 0.717) is 22.9 Å². The van der Waals surface area contributed by atoms with Crippen LogP contribution in [0.3, 0.4) is 0 Å². The summed E-state index contributed by atoms with van der Waals surface area (Å²) in [5, 5.41) is 3.25. The van der Waals surface area contributed by atoms with Gasteiger partial charge in [0.15, 0.2) is 0 Å². The van der Waals surface area contributed by atoms with Gasteiger partial charge < -0.3 is 15.0 Å². The molecule has 0 fully saturated rings. The molecule has 0 bridgehead atoms. The average Bonchev–Trinajstić information content (AvgIpc) is 2.96. The summed E-state index contributed by atoms with van der Waals surface area (Å²) >= 11 is 6.36. The molecule has 1 N–H and O–H groups in total. The fourth-order valence-electron chi connectivity index (χ4n) is 4.15. The fourth-order valence-corrected chi connectivity index (χ4v) is 5.81. The number of carbonyl (C=O) groups is 2. The van der Waals surface area contributed by atoms with Gasteiger partial charge in [0.2, 0.25) is 11.8 Å². The number of methoxy groups -OCH3 is 1. The van der Waals surface area contributed by atoms with Crippen molar-refractivity contribution < 1.29 is 22.7 Å². The Kier molecular flexibility index (Phi) is 11.0. The Hall–Kier alpha value is -3.56. The lowest BCUT2D eigenvalue weighted by molar-refractivity contribution is -0.139. The number of sulfonamides is 1. The number of nitrogens with zero attached hydrogens (tertiary/aromatic N) is 2. The molecule has 1 atom stereocenters. The summed E-state index contributed by atoms with van der Waals surface area (Å²) in [7, 11) is -2.59. The highest BCUT2D eigenvalue weighted by molar-refractivity contribution is 7.92. The number of nitrogens with one attached hydrogen (secondary N) is 1. The average molecular weight is 586 g/mol. The second kappa shape index (κ2) is 14.2. The van der Waals surface area contributed by atoms with E-state index < -0.39 is 28.5 Å². The molecule has 0 heterocycles. The van der Waals surface area contributed by atoms with Crippen molar-refractivity contribution in [1.29, 1.82) is 0 Å². The van der Waals surface area contributed by atoms with Gasteiger partial charge in [-0.2, -0.15) is 0 Å². The van der Waals surface area contributed by atoms with E-state index in [0.717, 1.165) is 22.7 Å². The van der Waals surface area contributed by atoms with Gasteiger partial charge in [0, 0.05) is 18.1 Å². The van der Waals surface area contributed by atoms with Gasteiger partial charge in [0.25, 0.3) is 10.0 Å². The van der Waals surface area contributed by atoms with E-state index in [4.69, 9.17) is 16.3 Å². The number of unbranched alkanes of at least 4 members (excludes halogenated alkanes) is 1. The molecular weight excluding hydrogens is 550 g/mol. The topological polar surface area (TPSA) is 96.0 Å². The lowest BCUT2D eigenvalue weighted by Gasteiger charge is -2.32. The summed E-state index contributed by atoms with van der Waals surface area (Å²) < 4.78 is 34.1. The summed E-state index contributed by atoms with van der Waals surface area (Å²) in [4.78, 5) is 28.5. The van der Waals surface area contributed by atoms with Crippen LogP contribution in [0.5, 0.6) is 5.75 Å². The van der Waals surface area contributed by atoms with Crippen LogP contribution in [0, 0.1) is 6.92 Å². The molecular formula is C30H36ClN3O5S. The van der Waals surface area contributed by atoms with Gasteiger partial charge in [0.05, 0.1) is 17.7 Å². The van der Waals surface area contributed by atoms with Crippen molar-refractivity contribution in [2.45, 2.75) is 51.1 Å². The number of carbonyl (C=O) groups excluding carboxylic acids is 2. The summed E-state index contributed by atoms with van der Waals surface area (Å²) in [5.74, 6) is -0.192. The van der Waals surface area contributed by atoms with Crippen LogP contribution in [0.25, 0.3) is 0 Å². The third-order valence-electron chi connectivity index (χ3n) is 6.63. The molecule has 0 aromatic heterocycles. The zero-order chi connectivity index (χ0) is 29.3. The van der Waals surface area contributed by atoms with E-state index in [1.807, 2.05) is 6.92 Å². The Morgan fingerprint density at radius 1 is 1.00 bits per heavy atom. The highest BCUT2D eigenvalue weighted by atomic mass is 35.5. The second-order valence-corrected chi connectivity index (χ2v) is 11.7. The number of benzene rings is 3. The van der Waals surface area contributed by atoms with Crippen molar-refractivity contribution >= 4 is 39.1 Å². The zero-order valence-corrected chi connectivity index (χ0v) is 24.8. The largest absolute Gasteiger partial charge is 0.497 e. The first kappa shape index (κ1) is 31.0. The number of rotatable bonds is 13. The van der Waals surface area contributed by atoms with Gasteiger partial charge in [0.1, 0.15) is 18.3 Å². The molecule has 0 saturated carbocycles. The number of hydrogen-bond acceptors (Lipinski definition) is 5. The molecule has 40 heavy (non-hydrogen) atoms. The molecule has 0 aliphatic rings. The molecule has 0 aliphatic heterocycles. The summed E-state index contributed by atoms with van der Waals surface area (Å²) in [6.07, 6.45) is 1.72. The molecule has 3 aromatic carbocycles. The van der Waals surface area contributed by atoms with Crippen LogP contribution in [0.4, 0.5) is 5.69 Å². The van der Waals surface area contributed by atoms with Gasteiger partial charge in [-0.15, -0.1) is 0 Å². The van der Waals surface area contributed by atoms with Gasteiger partial charge in [-0.3, -0.25) is 13.9 Å². The van der Waals surface area contributed by atoms with Crippen molar-refractivity contribution in [2.75, 3.05) is 24.5 Å². The van der Waals surface area contributed by atoms with E-state index in [2.05, 4.69) is 5.32 Å². The molecule has 8 nitrogen and oxygen atoms in total. The summed E-state index contributed by atoms with van der Waals surface area (Å²) in [5.41, 5.74) is 1.57. The number of amides is 2. The van der Waals surface area contributed by atoms with Gasteiger partial charge >= 0.3 is 0 Å². The van der Waals surface area contributed by atoms with Crippen molar-refractivity contribution in [2.24, 2.45) is 0 Å². The second-order valence-electron chi connectivity index (χ2n) is 9.40. The Bertz CT molecular complexity index is 1400. The molecule has 0 spiro atoms. The third kappa shape index (κ3) is 7.55. The molecule has 3 rings (SSSR count). The van der Waals surface area contributed by atoms with E-state index in [-0.39, 0.29) is 23.0 Å². The van der Waals surface area contributed by atoms with Crippen LogP contribution < -0.4 is 14.4 Å². The first-order chi connectivity index (χ1) is 19.1. The first-order valence-electron chi connectivity index (χ1n) is 13.1. The molecule has 3 aromatic rings. The van der Waals surface area contributed by atoms with Gasteiger partial charge in [-0.1, -0.05) is 61.3 Å². The monoisotopic (exact) mass is 585 g/mol. The van der Waals surface area contributed by atoms with Crippen molar-refractivity contribution in [3.05, 3.63) is 88.9 Å². The van der Waals surface area contributed by atoms with Gasteiger partial charge in [-0.25, -0.2) is 8.42 Å². The van der Waals surface area contributed by atoms with Crippen molar-refractivity contribution in [1.82, 2.24) is 10.2 Å². The summed E-state index contributed by atoms with van der Waals surface area (Å²) in [6, 6.07) is 19.1. The molecule has 2 amide bonds. The number of hydrogen-bond donors (Lipinski definition) is 1. The van der Waals surface area contributed by atoms with E-state index in [1.165, 1.54) is 17.0 Å². The van der Waals surface area contributed by atoms with E-state index in [1.54, 1.807) is 81.6 Å². The highest BCUT2D eigenvalue weighted by Crippen LogP contribution is 2.31. The lowest BCUT2D eigenvalue weighted by atomic mass is 10.1. The standard InChI is InChI=1S/C30H36ClN3O5S/c1-5-6-19-32-30(36)23(3)33(20-24-15-17-25(39-4)18-16-24)29(35)21-34(28-14-10-13-27(31)22(28)2)40(37,38)26-11-8-7-9-12-26/h7-18,23H,5-6,19-21H2,1-4H3,(H,32,36)/t23-/m0/s1. The number of anilines is 1. The van der Waals surface area contributed by atoms with E-state index in [9.17, 15) is 18.0 Å². The van der Waals surface area contributed by atoms with Crippen LogP contribution in [-0.2, 0) is 26.2 Å². The fraction of sp³-hybridized carbons (Fsp3) is 0.333. The maximum Gasteiger partial charge on any atom is 0.264 e. The molecule has 214 valence electrons. The first-order valence-corrected chi connectivity index (χ1v) is 14.9. The maximum absolute atomic E-state index is 14.0. The van der Waals surface area contributed by atoms with Crippen molar-refractivity contribution in [3.63, 3.8) is 0 Å². The van der Waals surface area contributed by atoms with Crippen molar-refractivity contribution in [3.8, 4) is 5.75 Å². The minimum atomic E-state index is -4.16. The Morgan fingerprint density at radius 2 is 1.68 bits per heavy atom. The van der Waals surface area contributed by atoms with E-state index >= 15 is 0 Å². The van der Waals surface area contributed by atoms with Crippen LogP contribution >= 0.6 is 11.6 Å². The van der Waals surface area contributed by atoms with Crippen LogP contribution in [0.2, 0.25) is 5.02 Å². The number of ether oxygens (including phenoxy) is 1. The quantitative estimate of drug-likeness (QED) is 0.279. The Morgan fingerprint density at radius 3 is 2.30 bits per heavy atom. The lowest BCUT2D eigenvalue weighted by Crippen LogP contribution is -2.51. The minimum absolute atomic E-state index is 0.0363. The predicted octanol–water partition coefficient (Wildman–Crippen LogP) is 5.19. The van der Waals surface area contributed by atoms with Crippen LogP contribution in [0.15, 0.2) is 77.7 Å². The molecule has 0 unspecified atom stereocenters. The van der Waals surface area contributed by atoms with Crippen LogP contribution in [0.1, 0.15) is 37.8 Å². The number of halogens is 1. The highest BCUT2D eigenvalue weighted by Gasteiger charge is 2.33. The Balaban J connectivity index is 2.02. The molecule has 0 radical (unpaired) electrons. The van der Waals surface area contributed by atoms with Gasteiger partial charge in [-0.05, 0) is 67.8 Å². The SMILES string of the molecule is CCCCNC(=O)[C@H](C)N(Cc1ccc(OC)cc1)C(=O)CN(c1cccc(Cl)c1C)S(=O)(=O)c1ccccc1. The molecule has 0 saturated heterocycles. The molecule has 10 heteroatoms. The Labute approximate surface area is 241 Å². The zero-order valence-electron chi connectivity index (χ0n) is 23.3. The maximum atomic E-state index is 14.0. The summed E-state index contributed by atoms with van der Waals surface area (Å²) in [6.45, 7) is 5.42. The normalized spacial score (nSPS) is 11.9. The smallest absolute Gasteiger partial charge is 0.264 e. The minimum Gasteiger partial charge on any atom is -0.497 e. The van der Waals surface area contributed by atoms with Crippen LogP contribution in [-0.4, -0.2) is 51.4 Å².